The summed E-state index contributed by atoms with van der Waals surface area (Å²) >= 11 is 0. The van der Waals surface area contributed by atoms with E-state index in [4.69, 9.17) is 4.74 Å². The first-order valence-electron chi connectivity index (χ1n) is 6.32. The second-order valence-corrected chi connectivity index (χ2v) is 5.04. The van der Waals surface area contributed by atoms with Gasteiger partial charge in [-0.25, -0.2) is 0 Å². The Bertz CT molecular complexity index is 194. The fourth-order valence-electron chi connectivity index (χ4n) is 2.55. The van der Waals surface area contributed by atoms with Gasteiger partial charge < -0.3 is 15.0 Å². The van der Waals surface area contributed by atoms with Crippen LogP contribution in [0.3, 0.4) is 0 Å². The summed E-state index contributed by atoms with van der Waals surface area (Å²) in [5.41, 5.74) is 0. The van der Waals surface area contributed by atoms with Gasteiger partial charge in [0.25, 0.3) is 0 Å². The molecular formula is C12H24N2O. The summed E-state index contributed by atoms with van der Waals surface area (Å²) < 4.78 is 5.71. The van der Waals surface area contributed by atoms with Crippen LogP contribution in [-0.4, -0.2) is 50.3 Å². The lowest BCUT2D eigenvalue weighted by molar-refractivity contribution is -0.0200. The minimum Gasteiger partial charge on any atom is -0.378 e. The lowest BCUT2D eigenvalue weighted by Crippen LogP contribution is -2.57. The standard InChI is InChI=1S/C12H24N2O/c1-3-12-6-10(4-5-15-12)9-14(2)11-7-13-8-11/h10-13H,3-9H2,1-2H3. The Morgan fingerprint density at radius 2 is 2.20 bits per heavy atom. The van der Waals surface area contributed by atoms with Crippen LogP contribution in [-0.2, 0) is 4.74 Å². The fraction of sp³-hybridized carbons (Fsp3) is 1.00. The molecule has 2 atom stereocenters. The molecule has 3 nitrogen and oxygen atoms in total. The molecule has 0 amide bonds. The van der Waals surface area contributed by atoms with Crippen molar-refractivity contribution in [1.82, 2.24) is 10.2 Å². The first-order valence-corrected chi connectivity index (χ1v) is 6.32. The molecule has 2 heterocycles. The third kappa shape index (κ3) is 2.92. The second-order valence-electron chi connectivity index (χ2n) is 5.04. The maximum Gasteiger partial charge on any atom is 0.0575 e. The van der Waals surface area contributed by atoms with Crippen molar-refractivity contribution in [2.24, 2.45) is 5.92 Å². The summed E-state index contributed by atoms with van der Waals surface area (Å²) in [6, 6.07) is 0.785. The number of rotatable bonds is 4. The van der Waals surface area contributed by atoms with Gasteiger partial charge in [0.15, 0.2) is 0 Å². The Morgan fingerprint density at radius 1 is 1.40 bits per heavy atom. The maximum absolute atomic E-state index is 5.71. The first-order chi connectivity index (χ1) is 7.29. The van der Waals surface area contributed by atoms with Crippen molar-refractivity contribution in [2.75, 3.05) is 33.3 Å². The van der Waals surface area contributed by atoms with Crippen molar-refractivity contribution < 1.29 is 4.74 Å². The van der Waals surface area contributed by atoms with Gasteiger partial charge in [0.2, 0.25) is 0 Å². The average Bonchev–Trinajstić information content (AvgIpc) is 2.15. The molecule has 0 bridgehead atoms. The molecule has 2 fully saturated rings. The molecule has 2 rings (SSSR count). The minimum absolute atomic E-state index is 0.525. The van der Waals surface area contributed by atoms with Crippen molar-refractivity contribution in [2.45, 2.75) is 38.3 Å². The van der Waals surface area contributed by atoms with E-state index in [1.165, 1.54) is 38.9 Å². The maximum atomic E-state index is 5.71. The third-order valence-electron chi connectivity index (χ3n) is 3.86. The van der Waals surface area contributed by atoms with Crippen molar-refractivity contribution in [3.05, 3.63) is 0 Å². The molecular weight excluding hydrogens is 188 g/mol. The smallest absolute Gasteiger partial charge is 0.0575 e. The van der Waals surface area contributed by atoms with Gasteiger partial charge in [-0.15, -0.1) is 0 Å². The Hall–Kier alpha value is -0.120. The van der Waals surface area contributed by atoms with Gasteiger partial charge in [-0.1, -0.05) is 6.92 Å². The Balaban J connectivity index is 1.72. The number of ether oxygens (including phenoxy) is 1. The molecule has 0 aromatic carbocycles. The molecule has 88 valence electrons. The van der Waals surface area contributed by atoms with Gasteiger partial charge in [0.05, 0.1) is 6.10 Å². The molecule has 0 saturated carbocycles. The number of likely N-dealkylation sites (N-methyl/N-ethyl adjacent to an activating group) is 1. The summed E-state index contributed by atoms with van der Waals surface area (Å²) in [5, 5.41) is 3.33. The van der Waals surface area contributed by atoms with Crippen molar-refractivity contribution in [3.8, 4) is 0 Å². The summed E-state index contributed by atoms with van der Waals surface area (Å²) in [7, 11) is 2.27. The van der Waals surface area contributed by atoms with E-state index in [1.807, 2.05) is 0 Å². The van der Waals surface area contributed by atoms with E-state index in [9.17, 15) is 0 Å². The molecule has 2 aliphatic heterocycles. The van der Waals surface area contributed by atoms with Crippen LogP contribution in [0.4, 0.5) is 0 Å². The number of hydrogen-bond donors (Lipinski definition) is 1. The molecule has 3 heteroatoms. The molecule has 15 heavy (non-hydrogen) atoms. The Kier molecular flexibility index (Phi) is 4.00. The lowest BCUT2D eigenvalue weighted by atomic mass is 9.93. The molecule has 0 aliphatic carbocycles. The molecule has 0 aromatic rings. The Morgan fingerprint density at radius 3 is 2.80 bits per heavy atom. The lowest BCUT2D eigenvalue weighted by Gasteiger charge is -2.39. The van der Waals surface area contributed by atoms with Gasteiger partial charge in [-0.3, -0.25) is 0 Å². The van der Waals surface area contributed by atoms with E-state index < -0.39 is 0 Å². The van der Waals surface area contributed by atoms with Crippen LogP contribution in [0.15, 0.2) is 0 Å². The summed E-state index contributed by atoms with van der Waals surface area (Å²) in [4.78, 5) is 2.53. The van der Waals surface area contributed by atoms with Crippen LogP contribution >= 0.6 is 0 Å². The van der Waals surface area contributed by atoms with Crippen molar-refractivity contribution in [3.63, 3.8) is 0 Å². The zero-order chi connectivity index (χ0) is 10.7. The zero-order valence-corrected chi connectivity index (χ0v) is 10.0. The van der Waals surface area contributed by atoms with Gasteiger partial charge in [0.1, 0.15) is 0 Å². The van der Waals surface area contributed by atoms with Gasteiger partial charge in [0, 0.05) is 32.3 Å². The highest BCUT2D eigenvalue weighted by Gasteiger charge is 2.26. The van der Waals surface area contributed by atoms with Crippen LogP contribution in [0.2, 0.25) is 0 Å². The number of nitrogens with one attached hydrogen (secondary N) is 1. The van der Waals surface area contributed by atoms with E-state index in [0.29, 0.717) is 6.10 Å². The topological polar surface area (TPSA) is 24.5 Å². The van der Waals surface area contributed by atoms with Crippen molar-refractivity contribution >= 4 is 0 Å². The highest BCUT2D eigenvalue weighted by atomic mass is 16.5. The van der Waals surface area contributed by atoms with Crippen molar-refractivity contribution in [1.29, 1.82) is 0 Å². The normalized spacial score (nSPS) is 33.0. The van der Waals surface area contributed by atoms with E-state index in [2.05, 4.69) is 24.2 Å². The predicted molar refractivity (Wildman–Crippen MR) is 62.0 cm³/mol. The van der Waals surface area contributed by atoms with E-state index >= 15 is 0 Å². The van der Waals surface area contributed by atoms with E-state index in [0.717, 1.165) is 18.6 Å². The summed E-state index contributed by atoms with van der Waals surface area (Å²) in [5.74, 6) is 0.856. The Labute approximate surface area is 93.2 Å². The van der Waals surface area contributed by atoms with Gasteiger partial charge in [-0.05, 0) is 32.2 Å². The van der Waals surface area contributed by atoms with Gasteiger partial charge in [-0.2, -0.15) is 0 Å². The molecule has 0 aromatic heterocycles. The largest absolute Gasteiger partial charge is 0.378 e. The molecule has 0 radical (unpaired) electrons. The van der Waals surface area contributed by atoms with Crippen LogP contribution in [0.1, 0.15) is 26.2 Å². The second kappa shape index (κ2) is 5.28. The fourth-order valence-corrected chi connectivity index (χ4v) is 2.55. The molecule has 1 N–H and O–H groups in total. The van der Waals surface area contributed by atoms with E-state index in [-0.39, 0.29) is 0 Å². The molecule has 2 saturated heterocycles. The van der Waals surface area contributed by atoms with Crippen LogP contribution in [0.25, 0.3) is 0 Å². The number of nitrogens with zero attached hydrogens (tertiary/aromatic N) is 1. The number of hydrogen-bond acceptors (Lipinski definition) is 3. The third-order valence-corrected chi connectivity index (χ3v) is 3.86. The molecule has 0 spiro atoms. The van der Waals surface area contributed by atoms with Crippen LogP contribution in [0.5, 0.6) is 0 Å². The average molecular weight is 212 g/mol. The quantitative estimate of drug-likeness (QED) is 0.755. The predicted octanol–water partition coefficient (Wildman–Crippen LogP) is 1.10. The first kappa shape index (κ1) is 11.4. The summed E-state index contributed by atoms with van der Waals surface area (Å²) in [6.07, 6.45) is 4.21. The molecule has 2 unspecified atom stereocenters. The van der Waals surface area contributed by atoms with Crippen LogP contribution < -0.4 is 5.32 Å². The zero-order valence-electron chi connectivity index (χ0n) is 10.0. The highest BCUT2D eigenvalue weighted by molar-refractivity contribution is 4.84. The monoisotopic (exact) mass is 212 g/mol. The minimum atomic E-state index is 0.525. The highest BCUT2D eigenvalue weighted by Crippen LogP contribution is 2.23. The van der Waals surface area contributed by atoms with Crippen LogP contribution in [0, 0.1) is 5.92 Å². The van der Waals surface area contributed by atoms with E-state index in [1.54, 1.807) is 0 Å². The van der Waals surface area contributed by atoms with Gasteiger partial charge >= 0.3 is 0 Å². The molecule has 2 aliphatic rings. The SMILES string of the molecule is CCC1CC(CN(C)C2CNC2)CCO1. The summed E-state index contributed by atoms with van der Waals surface area (Å²) in [6.45, 7) is 6.81.